The molecule has 1 N–H and O–H groups in total. The number of hydrogen-bond donors (Lipinski definition) is 1. The first-order chi connectivity index (χ1) is 9.65. The molecule has 1 heteroatoms. The van der Waals surface area contributed by atoms with E-state index in [-0.39, 0.29) is 0 Å². The molecule has 2 rings (SSSR count). The summed E-state index contributed by atoms with van der Waals surface area (Å²) in [6.07, 6.45) is 9.55. The van der Waals surface area contributed by atoms with Gasteiger partial charge in [-0.15, -0.1) is 0 Å². The van der Waals surface area contributed by atoms with Gasteiger partial charge in [-0.25, -0.2) is 0 Å². The van der Waals surface area contributed by atoms with Gasteiger partial charge in [-0.1, -0.05) is 44.4 Å². The van der Waals surface area contributed by atoms with E-state index in [0.717, 1.165) is 6.54 Å². The first kappa shape index (κ1) is 15.6. The van der Waals surface area contributed by atoms with Crippen LogP contribution >= 0.6 is 0 Å². The molecule has 1 saturated carbocycles. The van der Waals surface area contributed by atoms with E-state index in [2.05, 4.69) is 44.3 Å². The van der Waals surface area contributed by atoms with Gasteiger partial charge in [0.05, 0.1) is 0 Å². The van der Waals surface area contributed by atoms with Crippen molar-refractivity contribution in [1.29, 1.82) is 0 Å². The zero-order chi connectivity index (χ0) is 14.4. The average Bonchev–Trinajstić information content (AvgIpc) is 2.44. The first-order valence-corrected chi connectivity index (χ1v) is 8.42. The Morgan fingerprint density at radius 2 is 1.80 bits per heavy atom. The Hall–Kier alpha value is -0.820. The molecule has 0 amide bonds. The zero-order valence-electron chi connectivity index (χ0n) is 13.6. The van der Waals surface area contributed by atoms with Gasteiger partial charge in [0.2, 0.25) is 0 Å². The zero-order valence-corrected chi connectivity index (χ0v) is 13.6. The van der Waals surface area contributed by atoms with Crippen LogP contribution in [0.3, 0.4) is 0 Å². The van der Waals surface area contributed by atoms with Crippen LogP contribution in [0.2, 0.25) is 0 Å². The number of benzene rings is 1. The predicted molar refractivity (Wildman–Crippen MR) is 88.3 cm³/mol. The second-order valence-electron chi connectivity index (χ2n) is 6.83. The van der Waals surface area contributed by atoms with Crippen molar-refractivity contribution in [2.24, 2.45) is 5.41 Å². The lowest BCUT2D eigenvalue weighted by Gasteiger charge is -2.38. The van der Waals surface area contributed by atoms with E-state index < -0.39 is 0 Å². The second kappa shape index (κ2) is 7.26. The molecule has 20 heavy (non-hydrogen) atoms. The third-order valence-corrected chi connectivity index (χ3v) is 4.99. The van der Waals surface area contributed by atoms with Crippen molar-refractivity contribution in [3.05, 3.63) is 34.9 Å². The van der Waals surface area contributed by atoms with Gasteiger partial charge < -0.3 is 5.32 Å². The van der Waals surface area contributed by atoms with Crippen LogP contribution in [0.4, 0.5) is 0 Å². The van der Waals surface area contributed by atoms with Crippen molar-refractivity contribution in [1.82, 2.24) is 5.32 Å². The van der Waals surface area contributed by atoms with Gasteiger partial charge in [0.25, 0.3) is 0 Å². The lowest BCUT2D eigenvalue weighted by atomic mass is 9.70. The van der Waals surface area contributed by atoms with Crippen LogP contribution < -0.4 is 5.32 Å². The lowest BCUT2D eigenvalue weighted by Crippen LogP contribution is -2.38. The van der Waals surface area contributed by atoms with E-state index in [1.54, 1.807) is 0 Å². The van der Waals surface area contributed by atoms with Crippen LogP contribution in [-0.2, 0) is 6.42 Å². The fourth-order valence-electron chi connectivity index (χ4n) is 3.59. The summed E-state index contributed by atoms with van der Waals surface area (Å²) in [6, 6.07) is 7.05. The number of nitrogens with one attached hydrogen (secondary N) is 1. The molecular formula is C19H31N. The van der Waals surface area contributed by atoms with Crippen molar-refractivity contribution in [3.8, 4) is 0 Å². The molecule has 0 spiro atoms. The summed E-state index contributed by atoms with van der Waals surface area (Å²) < 4.78 is 0. The van der Waals surface area contributed by atoms with E-state index in [9.17, 15) is 0 Å². The van der Waals surface area contributed by atoms with Crippen LogP contribution in [-0.4, -0.2) is 13.1 Å². The van der Waals surface area contributed by atoms with Gasteiger partial charge >= 0.3 is 0 Å². The molecule has 1 nitrogen and oxygen atoms in total. The number of aryl methyl sites for hydroxylation is 2. The normalized spacial score (nSPS) is 18.1. The van der Waals surface area contributed by atoms with E-state index in [4.69, 9.17) is 0 Å². The highest BCUT2D eigenvalue weighted by molar-refractivity contribution is 5.30. The molecule has 112 valence electrons. The summed E-state index contributed by atoms with van der Waals surface area (Å²) >= 11 is 0. The summed E-state index contributed by atoms with van der Waals surface area (Å²) in [5.74, 6) is 0. The SMILES string of the molecule is CCCNCC1(Cc2ccc(C)c(C)c2)CCCCC1. The summed E-state index contributed by atoms with van der Waals surface area (Å²) in [5, 5.41) is 3.69. The Morgan fingerprint density at radius 3 is 2.45 bits per heavy atom. The lowest BCUT2D eigenvalue weighted by molar-refractivity contribution is 0.181. The Labute approximate surface area is 125 Å². The van der Waals surface area contributed by atoms with Crippen molar-refractivity contribution >= 4 is 0 Å². The Morgan fingerprint density at radius 1 is 1.05 bits per heavy atom. The minimum absolute atomic E-state index is 0.509. The van der Waals surface area contributed by atoms with Gasteiger partial charge in [0.15, 0.2) is 0 Å². The van der Waals surface area contributed by atoms with Gasteiger partial charge in [0.1, 0.15) is 0 Å². The van der Waals surface area contributed by atoms with Crippen LogP contribution in [0.15, 0.2) is 18.2 Å². The maximum Gasteiger partial charge on any atom is 0.00110 e. The minimum atomic E-state index is 0.509. The van der Waals surface area contributed by atoms with Crippen molar-refractivity contribution in [2.45, 2.75) is 65.7 Å². The molecular weight excluding hydrogens is 242 g/mol. The summed E-state index contributed by atoms with van der Waals surface area (Å²) in [7, 11) is 0. The molecule has 0 unspecified atom stereocenters. The Kier molecular flexibility index (Phi) is 5.65. The monoisotopic (exact) mass is 273 g/mol. The highest BCUT2D eigenvalue weighted by Crippen LogP contribution is 2.39. The molecule has 1 aromatic rings. The van der Waals surface area contributed by atoms with Crippen LogP contribution in [0.5, 0.6) is 0 Å². The first-order valence-electron chi connectivity index (χ1n) is 8.42. The minimum Gasteiger partial charge on any atom is -0.316 e. The molecule has 1 fully saturated rings. The molecule has 0 heterocycles. The molecule has 1 aliphatic rings. The quantitative estimate of drug-likeness (QED) is 0.734. The smallest absolute Gasteiger partial charge is 0.00110 e. The van der Waals surface area contributed by atoms with Gasteiger partial charge in [-0.05, 0) is 68.2 Å². The molecule has 0 bridgehead atoms. The fraction of sp³-hybridized carbons (Fsp3) is 0.684. The Balaban J connectivity index is 2.07. The average molecular weight is 273 g/mol. The van der Waals surface area contributed by atoms with Crippen LogP contribution in [0.25, 0.3) is 0 Å². The third-order valence-electron chi connectivity index (χ3n) is 4.99. The van der Waals surface area contributed by atoms with Gasteiger partial charge in [0, 0.05) is 6.54 Å². The van der Waals surface area contributed by atoms with E-state index in [1.165, 1.54) is 68.2 Å². The summed E-state index contributed by atoms with van der Waals surface area (Å²) in [5.41, 5.74) is 4.90. The Bertz CT molecular complexity index is 416. The fourth-order valence-corrected chi connectivity index (χ4v) is 3.59. The van der Waals surface area contributed by atoms with E-state index in [1.807, 2.05) is 0 Å². The number of hydrogen-bond acceptors (Lipinski definition) is 1. The summed E-state index contributed by atoms with van der Waals surface area (Å²) in [4.78, 5) is 0. The van der Waals surface area contributed by atoms with E-state index >= 15 is 0 Å². The molecule has 0 aromatic heterocycles. The highest BCUT2D eigenvalue weighted by atomic mass is 14.9. The standard InChI is InChI=1S/C19H31N/c1-4-12-20-15-19(10-6-5-7-11-19)14-18-9-8-16(2)17(3)13-18/h8-9,13,20H,4-7,10-12,14-15H2,1-3H3. The molecule has 0 atom stereocenters. The molecule has 1 aliphatic carbocycles. The maximum absolute atomic E-state index is 3.69. The van der Waals surface area contributed by atoms with Crippen molar-refractivity contribution < 1.29 is 0 Å². The van der Waals surface area contributed by atoms with Gasteiger partial charge in [-0.2, -0.15) is 0 Å². The van der Waals surface area contributed by atoms with Crippen LogP contribution in [0.1, 0.15) is 62.1 Å². The molecule has 0 aliphatic heterocycles. The van der Waals surface area contributed by atoms with E-state index in [0.29, 0.717) is 5.41 Å². The van der Waals surface area contributed by atoms with Gasteiger partial charge in [-0.3, -0.25) is 0 Å². The van der Waals surface area contributed by atoms with Crippen molar-refractivity contribution in [3.63, 3.8) is 0 Å². The topological polar surface area (TPSA) is 12.0 Å². The van der Waals surface area contributed by atoms with Crippen molar-refractivity contribution in [2.75, 3.05) is 13.1 Å². The molecule has 1 aromatic carbocycles. The summed E-state index contributed by atoms with van der Waals surface area (Å²) in [6.45, 7) is 9.06. The number of rotatable bonds is 6. The third kappa shape index (κ3) is 4.09. The predicted octanol–water partition coefficient (Wildman–Crippen LogP) is 4.80. The molecule has 0 saturated heterocycles. The highest BCUT2D eigenvalue weighted by Gasteiger charge is 2.31. The maximum atomic E-state index is 3.69. The van der Waals surface area contributed by atoms with Crippen LogP contribution in [0, 0.1) is 19.3 Å². The second-order valence-corrected chi connectivity index (χ2v) is 6.83. The molecule has 0 radical (unpaired) electrons. The largest absolute Gasteiger partial charge is 0.316 e.